The van der Waals surface area contributed by atoms with Crippen LogP contribution in [0.4, 0.5) is 16.6 Å². The van der Waals surface area contributed by atoms with Gasteiger partial charge in [-0.25, -0.2) is 24.2 Å². The van der Waals surface area contributed by atoms with Gasteiger partial charge >= 0.3 is 12.1 Å². The lowest BCUT2D eigenvalue weighted by molar-refractivity contribution is -0.265. The molecule has 129 heavy (non-hydrogen) atoms. The molecule has 2 aromatic carbocycles. The number of piperidine rings is 1. The van der Waals surface area contributed by atoms with Crippen LogP contribution in [0.1, 0.15) is 148 Å². The van der Waals surface area contributed by atoms with Gasteiger partial charge in [-0.1, -0.05) is 82.4 Å². The van der Waals surface area contributed by atoms with Crippen LogP contribution in [-0.2, 0) is 110 Å². The summed E-state index contributed by atoms with van der Waals surface area (Å²) in [6, 6.07) is 9.67. The topological polar surface area (TPSA) is 487 Å². The van der Waals surface area contributed by atoms with Gasteiger partial charge in [-0.2, -0.15) is 10.1 Å². The van der Waals surface area contributed by atoms with E-state index in [2.05, 4.69) is 38.5 Å². The molecule has 712 valence electrons. The normalized spacial score (nSPS) is 27.0. The van der Waals surface area contributed by atoms with Gasteiger partial charge in [0.15, 0.2) is 17.0 Å². The van der Waals surface area contributed by atoms with Crippen molar-refractivity contribution < 1.29 is 120 Å². The SMILES string of the molecule is CO[C@H]1C[C@@H]2CC[C@@H](C)[C@@](O)(O2)C(=O)C(=O)N2CCCC[C@H]2C(=O)O[C@H](C[C@H](O)[C@H](N)C[C@@H]2CC[C@@H](OC(=O)NCCOCCOCCOCCOCCOCCOCCOCCOCCC(=O)N3CCc4cc(Cn5nc(-c6ccc7oc(N)nc7c6)c6c(N)ncnc65)ccc4C3)[C@H](OC)C2)CC(=O)[C@H](C)/C=C(\C)[C@@H](O)[C@@H](O)C(=O)[C@H](C)C[C@H](C)/C=C/C=C/C=C/1C. The third kappa shape index (κ3) is 30.3. The molecule has 1 aliphatic carbocycles. The van der Waals surface area contributed by atoms with E-state index < -0.39 is 126 Å². The van der Waals surface area contributed by atoms with Crippen molar-refractivity contribution in [1.82, 2.24) is 39.8 Å². The monoisotopic (exact) mass is 1810 g/mol. The highest BCUT2D eigenvalue weighted by Crippen LogP contribution is 2.39. The number of hydrogen-bond acceptors (Lipinski definition) is 32. The van der Waals surface area contributed by atoms with E-state index in [4.69, 9.17) is 88.3 Å². The Morgan fingerprint density at radius 1 is 0.705 bits per heavy atom. The van der Waals surface area contributed by atoms with E-state index in [-0.39, 0.29) is 87.7 Å². The molecule has 36 nitrogen and oxygen atoms in total. The lowest BCUT2D eigenvalue weighted by atomic mass is 9.80. The molecule has 7 heterocycles. The number of aliphatic hydroxyl groups is 4. The predicted octanol–water partition coefficient (Wildman–Crippen LogP) is 6.97. The van der Waals surface area contributed by atoms with Crippen molar-refractivity contribution in [1.29, 1.82) is 0 Å². The zero-order valence-electron chi connectivity index (χ0n) is 75.8. The quantitative estimate of drug-likeness (QED) is 0.00855. The zero-order chi connectivity index (χ0) is 92.5. The second-order valence-corrected chi connectivity index (χ2v) is 34.3. The lowest BCUT2D eigenvalue weighted by Gasteiger charge is -2.42. The van der Waals surface area contributed by atoms with Crippen molar-refractivity contribution in [2.24, 2.45) is 35.3 Å². The van der Waals surface area contributed by atoms with Crippen molar-refractivity contribution >= 4 is 75.2 Å². The molecule has 36 heteroatoms. The summed E-state index contributed by atoms with van der Waals surface area (Å²) in [6.07, 6.45) is 7.37. The van der Waals surface area contributed by atoms with Crippen LogP contribution in [0.5, 0.6) is 0 Å². The van der Waals surface area contributed by atoms with Gasteiger partial charge in [0.25, 0.3) is 17.7 Å². The highest BCUT2D eigenvalue weighted by molar-refractivity contribution is 6.39. The second-order valence-electron chi connectivity index (χ2n) is 34.3. The van der Waals surface area contributed by atoms with Crippen LogP contribution in [0.15, 0.2) is 94.7 Å². The minimum atomic E-state index is -2.53. The first-order chi connectivity index (χ1) is 62.1. The number of methoxy groups -OCH3 is 2. The maximum absolute atomic E-state index is 14.6. The Labute approximate surface area is 753 Å². The number of Topliss-reactive ketones (excluding diaryl/α,β-unsaturated/α-hetero) is 3. The van der Waals surface area contributed by atoms with E-state index >= 15 is 0 Å². The van der Waals surface area contributed by atoms with Gasteiger partial charge in [0.2, 0.25) is 11.7 Å². The van der Waals surface area contributed by atoms with Gasteiger partial charge < -0.3 is 119 Å². The Hall–Kier alpha value is -8.93. The molecular formula is C93H135N11O25. The number of fused-ring (bicyclic) bond motifs is 6. The molecule has 11 N–H and O–H groups in total. The number of nitrogens with zero attached hydrogens (tertiary/aromatic N) is 7. The number of esters is 1. The van der Waals surface area contributed by atoms with E-state index in [0.29, 0.717) is 197 Å². The molecule has 2 saturated heterocycles. The van der Waals surface area contributed by atoms with Gasteiger partial charge in [-0.3, -0.25) is 24.0 Å². The molecule has 5 aliphatic rings. The fraction of sp³-hybridized carbons (Fsp3) is 0.645. The van der Waals surface area contributed by atoms with Gasteiger partial charge in [-0.05, 0) is 142 Å². The third-order valence-corrected chi connectivity index (χ3v) is 24.6. The van der Waals surface area contributed by atoms with Gasteiger partial charge in [0.05, 0.1) is 148 Å². The molecule has 3 amide bonds. The number of hydrogen-bond donors (Lipinski definition) is 8. The molecule has 5 aromatic rings. The van der Waals surface area contributed by atoms with Crippen LogP contribution in [0.2, 0.25) is 0 Å². The minimum absolute atomic E-state index is 0.0258. The molecule has 16 atom stereocenters. The van der Waals surface area contributed by atoms with Gasteiger partial charge in [0, 0.05) is 89.0 Å². The Kier molecular flexibility index (Phi) is 41.0. The van der Waals surface area contributed by atoms with E-state index in [1.165, 1.54) is 32.0 Å². The summed E-state index contributed by atoms with van der Waals surface area (Å²) >= 11 is 0. The molecule has 3 aromatic heterocycles. The summed E-state index contributed by atoms with van der Waals surface area (Å²) in [5, 5.41) is 54.7. The number of ether oxygens (including phenoxy) is 13. The van der Waals surface area contributed by atoms with E-state index in [0.717, 1.165) is 33.6 Å². The molecule has 0 radical (unpaired) electrons. The average molecular weight is 1810 g/mol. The Morgan fingerprint density at radius 3 is 2.05 bits per heavy atom. The number of carbonyl (C=O) groups is 7. The number of allylic oxidation sites excluding steroid dienone is 6. The molecule has 3 fully saturated rings. The Balaban J connectivity index is 0.544. The number of nitrogens with two attached hydrogens (primary N) is 3. The number of cyclic esters (lactones) is 1. The van der Waals surface area contributed by atoms with Gasteiger partial charge in [0.1, 0.15) is 59.6 Å². The maximum Gasteiger partial charge on any atom is 0.407 e. The maximum atomic E-state index is 14.6. The molecule has 0 spiro atoms. The van der Waals surface area contributed by atoms with Crippen molar-refractivity contribution in [3.8, 4) is 11.3 Å². The second kappa shape index (κ2) is 51.8. The number of aromatic nitrogens is 5. The van der Waals surface area contributed by atoms with Crippen LogP contribution >= 0.6 is 0 Å². The van der Waals surface area contributed by atoms with Crippen LogP contribution in [0.3, 0.4) is 0 Å². The van der Waals surface area contributed by atoms with Crippen LogP contribution in [0.25, 0.3) is 33.4 Å². The molecule has 0 unspecified atom stereocenters. The number of rotatable bonds is 38. The summed E-state index contributed by atoms with van der Waals surface area (Å²) in [4.78, 5) is 113. The number of anilines is 2. The molecule has 1 saturated carbocycles. The van der Waals surface area contributed by atoms with Crippen molar-refractivity contribution in [3.63, 3.8) is 0 Å². The van der Waals surface area contributed by atoms with Crippen molar-refractivity contribution in [2.75, 3.05) is 151 Å². The highest BCUT2D eigenvalue weighted by atomic mass is 16.6. The number of nitrogen functional groups attached to an aromatic ring is 2. The molecular weight excluding hydrogens is 1670 g/mol. The number of alkyl carbamates (subject to hydrolysis) is 1. The lowest BCUT2D eigenvalue weighted by Crippen LogP contribution is -2.61. The number of benzene rings is 2. The van der Waals surface area contributed by atoms with E-state index in [1.807, 2.05) is 65.9 Å². The predicted molar refractivity (Wildman–Crippen MR) is 475 cm³/mol. The standard InChI is InChI=1S/C93H135N11O25/c1-58-14-10-9-11-15-59(2)78(116-7)54-69-22-17-63(6)93(115,129-69)86(111)89(112)103-28-13-12-16-73(103)90(113)126-70(52-74(105)60(3)47-62(5)84(109)85(110)83(108)61(4)46-58)53-75(106)71(94)49-64-19-23-77(79(50-64)117-8)128-92(114)97-27-31-119-33-35-121-37-39-123-41-43-125-45-44-124-42-40-122-38-36-120-34-32-118-30-26-80(107)102-29-25-66-48-65(18-20-68(66)56-102)55-104-88-81(87(95)98-57-99-88)82(101-104)67-21-24-76-72(51-67)100-91(96)127-76/h9-11,14-15,18,20-21,24,47-48,51,57-58,60-61,63-64,69-71,73,75,77-79,84-85,106,109-110,115H,12-13,16-17,19,22-23,25-46,49-50,52-56,94H2,1-8H3,(H2,96,100)(H,97,114)(H2,95,98,99)/b11-9+,14-10+,59-15+,62-47+/t58-,60-,61-,63-,64+,69+,70+,71-,73+,75+,77-,78+,79-,84-,85+,93-/m1/s1. The summed E-state index contributed by atoms with van der Waals surface area (Å²) in [5.74, 6) is -9.13. The highest BCUT2D eigenvalue weighted by Gasteiger charge is 2.53. The minimum Gasteiger partial charge on any atom is -0.460 e. The van der Waals surface area contributed by atoms with Crippen LogP contribution < -0.4 is 22.5 Å². The Bertz CT molecular complexity index is 4580. The smallest absolute Gasteiger partial charge is 0.407 e. The molecule has 2 bridgehead atoms. The number of ketones is 3. The van der Waals surface area contributed by atoms with Crippen LogP contribution in [0, 0.1) is 29.6 Å². The summed E-state index contributed by atoms with van der Waals surface area (Å²) in [7, 11) is 3.06. The summed E-state index contributed by atoms with van der Waals surface area (Å²) in [6.45, 7) is 17.6. The van der Waals surface area contributed by atoms with E-state index in [9.17, 15) is 54.0 Å². The molecule has 10 rings (SSSR count). The number of carbonyl (C=O) groups excluding carboxylic acids is 7. The third-order valence-electron chi connectivity index (χ3n) is 24.6. The fourth-order valence-corrected chi connectivity index (χ4v) is 17.1. The van der Waals surface area contributed by atoms with Crippen LogP contribution in [-0.4, -0.2) is 302 Å². The average Bonchev–Trinajstić information content (AvgIpc) is 1.58. The fourth-order valence-electron chi connectivity index (χ4n) is 17.1. The first-order valence-corrected chi connectivity index (χ1v) is 45.3. The van der Waals surface area contributed by atoms with Crippen molar-refractivity contribution in [2.45, 2.75) is 218 Å². The number of amides is 3. The van der Waals surface area contributed by atoms with E-state index in [1.54, 1.807) is 33.9 Å². The largest absolute Gasteiger partial charge is 0.460 e. The number of oxazole rings is 1. The van der Waals surface area contributed by atoms with Crippen molar-refractivity contribution in [3.05, 3.63) is 107 Å². The molecule has 4 aliphatic heterocycles. The number of nitrogens with one attached hydrogen (secondary N) is 1. The van der Waals surface area contributed by atoms with Gasteiger partial charge in [-0.15, -0.1) is 0 Å². The summed E-state index contributed by atoms with van der Waals surface area (Å²) < 4.78 is 82.0. The first-order valence-electron chi connectivity index (χ1n) is 45.3. The first kappa shape index (κ1) is 102. The Morgan fingerprint density at radius 2 is 1.38 bits per heavy atom. The number of aliphatic hydroxyl groups excluding tert-OH is 3. The summed E-state index contributed by atoms with van der Waals surface area (Å²) in [5.41, 5.74) is 26.4. The zero-order valence-corrected chi connectivity index (χ0v) is 75.8.